The molecule has 3 aliphatic rings. The van der Waals surface area contributed by atoms with Crippen molar-refractivity contribution in [3.63, 3.8) is 0 Å². The molecule has 2 saturated heterocycles. The summed E-state index contributed by atoms with van der Waals surface area (Å²) in [4.78, 5) is 20.4. The number of esters is 1. The first-order valence-electron chi connectivity index (χ1n) is 11.4. The Hall–Kier alpha value is -2.43. The zero-order valence-electron chi connectivity index (χ0n) is 19.2. The molecule has 0 spiro atoms. The van der Waals surface area contributed by atoms with Crippen molar-refractivity contribution in [1.82, 2.24) is 9.80 Å². The SMILES string of the molecule is Cl.[C-]#[N+]c1ccc([C@H]2CN3CCN(CCc4ccc5c(c4C)COC5=O)C[C@H]3CO2)cc1C. The van der Waals surface area contributed by atoms with Crippen molar-refractivity contribution in [3.05, 3.63) is 75.1 Å². The average molecular weight is 468 g/mol. The van der Waals surface area contributed by atoms with Crippen LogP contribution in [0.25, 0.3) is 4.85 Å². The van der Waals surface area contributed by atoms with Crippen molar-refractivity contribution in [2.24, 2.45) is 0 Å². The number of halogens is 1. The second-order valence-electron chi connectivity index (χ2n) is 9.13. The van der Waals surface area contributed by atoms with E-state index in [2.05, 4.69) is 33.7 Å². The third kappa shape index (κ3) is 4.64. The highest BCUT2D eigenvalue weighted by Gasteiger charge is 2.34. The zero-order valence-corrected chi connectivity index (χ0v) is 20.0. The quantitative estimate of drug-likeness (QED) is 0.497. The van der Waals surface area contributed by atoms with Crippen LogP contribution in [-0.2, 0) is 22.5 Å². The van der Waals surface area contributed by atoms with E-state index in [9.17, 15) is 4.79 Å². The van der Waals surface area contributed by atoms with Crippen LogP contribution in [0.15, 0.2) is 30.3 Å². The molecule has 3 heterocycles. The van der Waals surface area contributed by atoms with Crippen molar-refractivity contribution in [3.8, 4) is 0 Å². The summed E-state index contributed by atoms with van der Waals surface area (Å²) in [5.74, 6) is -0.195. The maximum Gasteiger partial charge on any atom is 0.338 e. The molecular formula is C26H30ClN3O3. The van der Waals surface area contributed by atoms with Crippen molar-refractivity contribution < 1.29 is 14.3 Å². The molecule has 0 bridgehead atoms. The number of cyclic esters (lactones) is 1. The molecule has 5 rings (SSSR count). The Bertz CT molecular complexity index is 1100. The number of nitrogens with zero attached hydrogens (tertiary/aromatic N) is 3. The molecule has 2 aromatic rings. The Kier molecular flexibility index (Phi) is 7.06. The Labute approximate surface area is 201 Å². The Morgan fingerprint density at radius 1 is 1.15 bits per heavy atom. The van der Waals surface area contributed by atoms with E-state index in [1.807, 2.05) is 25.1 Å². The average Bonchev–Trinajstić information content (AvgIpc) is 3.19. The van der Waals surface area contributed by atoms with Gasteiger partial charge in [0.25, 0.3) is 0 Å². The Morgan fingerprint density at radius 3 is 2.79 bits per heavy atom. The van der Waals surface area contributed by atoms with Gasteiger partial charge in [-0.05, 0) is 48.6 Å². The molecule has 0 aliphatic carbocycles. The first-order chi connectivity index (χ1) is 15.5. The van der Waals surface area contributed by atoms with Gasteiger partial charge >= 0.3 is 5.97 Å². The summed E-state index contributed by atoms with van der Waals surface area (Å²) in [5.41, 5.74) is 7.21. The lowest BCUT2D eigenvalue weighted by Gasteiger charge is -2.46. The fraction of sp³-hybridized carbons (Fsp3) is 0.462. The highest BCUT2D eigenvalue weighted by molar-refractivity contribution is 5.93. The molecule has 0 radical (unpaired) electrons. The topological polar surface area (TPSA) is 46.4 Å². The first-order valence-corrected chi connectivity index (χ1v) is 11.4. The largest absolute Gasteiger partial charge is 0.457 e. The van der Waals surface area contributed by atoms with Crippen LogP contribution in [0.2, 0.25) is 0 Å². The monoisotopic (exact) mass is 467 g/mol. The van der Waals surface area contributed by atoms with E-state index in [-0.39, 0.29) is 24.5 Å². The van der Waals surface area contributed by atoms with E-state index in [0.717, 1.165) is 62.4 Å². The summed E-state index contributed by atoms with van der Waals surface area (Å²) >= 11 is 0. The van der Waals surface area contributed by atoms with E-state index in [1.165, 1.54) is 16.7 Å². The smallest absolute Gasteiger partial charge is 0.338 e. The lowest BCUT2D eigenvalue weighted by molar-refractivity contribution is -0.0901. The van der Waals surface area contributed by atoms with Gasteiger partial charge in [-0.25, -0.2) is 9.64 Å². The molecule has 2 atom stereocenters. The number of benzene rings is 2. The van der Waals surface area contributed by atoms with Crippen molar-refractivity contribution in [1.29, 1.82) is 0 Å². The summed E-state index contributed by atoms with van der Waals surface area (Å²) in [6, 6.07) is 10.5. The standard InChI is InChI=1S/C26H29N3O3.ClH/c1-17-12-20(5-7-24(17)27-3)25-14-29-11-10-28(13-21(29)15-31-25)9-8-19-4-6-22-23(18(19)2)16-32-26(22)30;/h4-7,12,21,25H,8-11,13-16H2,1-2H3;1H/t21-,25+;/m0./s1. The number of rotatable bonds is 4. The molecule has 0 saturated carbocycles. The molecule has 174 valence electrons. The highest BCUT2D eigenvalue weighted by atomic mass is 35.5. The van der Waals surface area contributed by atoms with Gasteiger partial charge in [0.1, 0.15) is 6.61 Å². The summed E-state index contributed by atoms with van der Waals surface area (Å²) in [6.07, 6.45) is 1.06. The van der Waals surface area contributed by atoms with Gasteiger partial charge in [0.15, 0.2) is 5.69 Å². The van der Waals surface area contributed by atoms with Crippen LogP contribution in [0.1, 0.15) is 44.3 Å². The number of fused-ring (bicyclic) bond motifs is 2. The molecule has 2 fully saturated rings. The fourth-order valence-corrected chi connectivity index (χ4v) is 5.21. The maximum absolute atomic E-state index is 11.8. The Balaban J connectivity index is 0.00000259. The number of carbonyl (C=O) groups excluding carboxylic acids is 1. The lowest BCUT2D eigenvalue weighted by Crippen LogP contribution is -2.58. The Morgan fingerprint density at radius 2 is 2.00 bits per heavy atom. The van der Waals surface area contributed by atoms with Crippen LogP contribution in [0.4, 0.5) is 5.69 Å². The summed E-state index contributed by atoms with van der Waals surface area (Å²) in [5, 5.41) is 0. The van der Waals surface area contributed by atoms with Crippen LogP contribution < -0.4 is 0 Å². The molecule has 0 N–H and O–H groups in total. The normalized spacial score (nSPS) is 22.6. The van der Waals surface area contributed by atoms with E-state index in [0.29, 0.717) is 18.3 Å². The second-order valence-corrected chi connectivity index (χ2v) is 9.13. The molecular weight excluding hydrogens is 438 g/mol. The minimum absolute atomic E-state index is 0. The molecule has 3 aliphatic heterocycles. The molecule has 0 amide bonds. The fourth-order valence-electron chi connectivity index (χ4n) is 5.21. The van der Waals surface area contributed by atoms with Gasteiger partial charge in [-0.15, -0.1) is 12.4 Å². The van der Waals surface area contributed by atoms with Gasteiger partial charge < -0.3 is 14.4 Å². The van der Waals surface area contributed by atoms with Gasteiger partial charge in [0.2, 0.25) is 0 Å². The van der Waals surface area contributed by atoms with E-state index >= 15 is 0 Å². The van der Waals surface area contributed by atoms with E-state index in [1.54, 1.807) is 0 Å². The molecule has 33 heavy (non-hydrogen) atoms. The first kappa shape index (κ1) is 23.7. The van der Waals surface area contributed by atoms with E-state index < -0.39 is 0 Å². The number of hydrogen-bond acceptors (Lipinski definition) is 5. The number of piperazine rings is 1. The van der Waals surface area contributed by atoms with Gasteiger partial charge in [-0.3, -0.25) is 4.90 Å². The number of carbonyl (C=O) groups is 1. The summed E-state index contributed by atoms with van der Waals surface area (Å²) in [7, 11) is 0. The van der Waals surface area contributed by atoms with Crippen LogP contribution in [0.3, 0.4) is 0 Å². The number of ether oxygens (including phenoxy) is 2. The predicted molar refractivity (Wildman–Crippen MR) is 129 cm³/mol. The maximum atomic E-state index is 11.8. The van der Waals surface area contributed by atoms with Gasteiger partial charge in [-0.1, -0.05) is 24.3 Å². The molecule has 6 nitrogen and oxygen atoms in total. The highest BCUT2D eigenvalue weighted by Crippen LogP contribution is 2.30. The van der Waals surface area contributed by atoms with Crippen LogP contribution in [0.5, 0.6) is 0 Å². The summed E-state index contributed by atoms with van der Waals surface area (Å²) in [6.45, 7) is 17.5. The molecule has 0 aromatic heterocycles. The second kappa shape index (κ2) is 9.82. The van der Waals surface area contributed by atoms with Gasteiger partial charge in [-0.2, -0.15) is 0 Å². The van der Waals surface area contributed by atoms with Crippen molar-refractivity contribution in [2.75, 3.05) is 39.3 Å². The third-order valence-corrected chi connectivity index (χ3v) is 7.27. The van der Waals surface area contributed by atoms with Crippen molar-refractivity contribution in [2.45, 2.75) is 39.0 Å². The summed E-state index contributed by atoms with van der Waals surface area (Å²) < 4.78 is 11.5. The van der Waals surface area contributed by atoms with Crippen LogP contribution in [-0.4, -0.2) is 61.1 Å². The molecule has 0 unspecified atom stereocenters. The number of morpholine rings is 1. The minimum atomic E-state index is -0.195. The number of hydrogen-bond donors (Lipinski definition) is 0. The van der Waals surface area contributed by atoms with E-state index in [4.69, 9.17) is 16.0 Å². The van der Waals surface area contributed by atoms with Gasteiger partial charge in [0.05, 0.1) is 24.8 Å². The number of aryl methyl sites for hydroxylation is 1. The predicted octanol–water partition coefficient (Wildman–Crippen LogP) is 4.25. The molecule has 2 aromatic carbocycles. The van der Waals surface area contributed by atoms with Crippen molar-refractivity contribution >= 4 is 24.1 Å². The van der Waals surface area contributed by atoms with Gasteiger partial charge in [0, 0.05) is 44.3 Å². The minimum Gasteiger partial charge on any atom is -0.457 e. The third-order valence-electron chi connectivity index (χ3n) is 7.27. The van der Waals surface area contributed by atoms with Crippen LogP contribution >= 0.6 is 12.4 Å². The zero-order chi connectivity index (χ0) is 22.2. The lowest BCUT2D eigenvalue weighted by atomic mass is 9.96. The molecule has 7 heteroatoms. The van der Waals surface area contributed by atoms with Crippen LogP contribution in [0, 0.1) is 20.4 Å².